The second kappa shape index (κ2) is 8.96. The molecule has 0 bridgehead atoms. The van der Waals surface area contributed by atoms with Gasteiger partial charge in [-0.05, 0) is 43.5 Å². The largest absolute Gasteiger partial charge is 0.300 e. The Hall–Kier alpha value is -2.84. The second-order valence-electron chi connectivity index (χ2n) is 8.09. The molecule has 4 rings (SSSR count). The monoisotopic (exact) mass is 511 g/mol. The van der Waals surface area contributed by atoms with Crippen LogP contribution < -0.4 is 5.32 Å². The predicted octanol–water partition coefficient (Wildman–Crippen LogP) is 5.53. The van der Waals surface area contributed by atoms with Gasteiger partial charge in [0.15, 0.2) is 5.13 Å². The zero-order chi connectivity index (χ0) is 23.0. The van der Waals surface area contributed by atoms with Gasteiger partial charge in [0.2, 0.25) is 5.91 Å². The van der Waals surface area contributed by atoms with Gasteiger partial charge in [-0.2, -0.15) is 0 Å². The van der Waals surface area contributed by atoms with Crippen LogP contribution in [0.4, 0.5) is 5.13 Å². The fourth-order valence-corrected chi connectivity index (χ4v) is 4.88. The lowest BCUT2D eigenvalue weighted by Crippen LogP contribution is -2.47. The lowest BCUT2D eigenvalue weighted by molar-refractivity contribution is -0.120. The highest BCUT2D eigenvalue weighted by Crippen LogP contribution is 2.32. The Morgan fingerprint density at radius 1 is 1.06 bits per heavy atom. The third-order valence-electron chi connectivity index (χ3n) is 5.28. The average Bonchev–Trinajstić information content (AvgIpc) is 3.24. The summed E-state index contributed by atoms with van der Waals surface area (Å²) >= 11 is 4.79. The first kappa shape index (κ1) is 22.4. The Bertz CT molecular complexity index is 1170. The molecule has 0 fully saturated rings. The maximum atomic E-state index is 13.3. The molecule has 0 spiro atoms. The highest BCUT2D eigenvalue weighted by atomic mass is 79.9. The number of halogens is 1. The fourth-order valence-electron chi connectivity index (χ4n) is 3.78. The minimum atomic E-state index is -0.914. The Morgan fingerprint density at radius 2 is 1.66 bits per heavy atom. The molecule has 1 N–H and O–H groups in total. The van der Waals surface area contributed by atoms with Crippen LogP contribution in [-0.2, 0) is 4.79 Å². The maximum Gasteiger partial charge on any atom is 0.262 e. The number of anilines is 1. The van der Waals surface area contributed by atoms with Crippen LogP contribution in [0.2, 0.25) is 0 Å². The zero-order valence-electron chi connectivity index (χ0n) is 17.9. The van der Waals surface area contributed by atoms with Gasteiger partial charge in [0.05, 0.1) is 16.8 Å². The number of hydrogen-bond donors (Lipinski definition) is 1. The van der Waals surface area contributed by atoms with E-state index in [0.29, 0.717) is 22.7 Å². The molecule has 2 aromatic carbocycles. The number of aromatic nitrogens is 1. The number of benzene rings is 2. The number of aryl methyl sites for hydroxylation is 1. The normalized spacial score (nSPS) is 14.1. The lowest BCUT2D eigenvalue weighted by Gasteiger charge is -2.26. The van der Waals surface area contributed by atoms with Crippen molar-refractivity contribution in [2.24, 2.45) is 5.92 Å². The minimum absolute atomic E-state index is 0.103. The van der Waals surface area contributed by atoms with Gasteiger partial charge < -0.3 is 5.32 Å². The van der Waals surface area contributed by atoms with Crippen molar-refractivity contribution in [2.45, 2.75) is 33.2 Å². The number of amides is 3. The van der Waals surface area contributed by atoms with E-state index in [9.17, 15) is 14.4 Å². The number of hydrogen-bond acceptors (Lipinski definition) is 5. The van der Waals surface area contributed by atoms with Crippen molar-refractivity contribution in [3.63, 3.8) is 0 Å². The Labute approximate surface area is 198 Å². The van der Waals surface area contributed by atoms with Crippen LogP contribution in [0, 0.1) is 12.8 Å². The summed E-state index contributed by atoms with van der Waals surface area (Å²) in [6.45, 7) is 5.86. The summed E-state index contributed by atoms with van der Waals surface area (Å²) in [4.78, 5) is 45.9. The van der Waals surface area contributed by atoms with Gasteiger partial charge >= 0.3 is 0 Å². The number of rotatable bonds is 6. The van der Waals surface area contributed by atoms with E-state index in [1.54, 1.807) is 24.3 Å². The maximum absolute atomic E-state index is 13.3. The van der Waals surface area contributed by atoms with Gasteiger partial charge in [-0.3, -0.25) is 19.3 Å². The van der Waals surface area contributed by atoms with E-state index < -0.39 is 23.8 Å². The molecular weight excluding hydrogens is 490 g/mol. The van der Waals surface area contributed by atoms with Crippen molar-refractivity contribution in [3.8, 4) is 11.3 Å². The van der Waals surface area contributed by atoms with Crippen molar-refractivity contribution in [1.82, 2.24) is 9.88 Å². The van der Waals surface area contributed by atoms with Gasteiger partial charge in [0.1, 0.15) is 6.04 Å². The van der Waals surface area contributed by atoms with Crippen LogP contribution in [0.25, 0.3) is 11.3 Å². The summed E-state index contributed by atoms with van der Waals surface area (Å²) < 4.78 is 0.972. The number of carbonyl (C=O) groups is 3. The first-order valence-electron chi connectivity index (χ1n) is 10.3. The number of carbonyl (C=O) groups excluding carboxylic acids is 3. The summed E-state index contributed by atoms with van der Waals surface area (Å²) in [6, 6.07) is 13.5. The molecule has 2 heterocycles. The average molecular weight is 512 g/mol. The van der Waals surface area contributed by atoms with E-state index in [2.05, 4.69) is 26.2 Å². The van der Waals surface area contributed by atoms with Crippen LogP contribution in [0.5, 0.6) is 0 Å². The predicted molar refractivity (Wildman–Crippen MR) is 129 cm³/mol. The molecule has 6 nitrogen and oxygen atoms in total. The molecular formula is C24H22BrN3O3S. The fraction of sp³-hybridized carbons (Fsp3) is 0.250. The second-order valence-corrected chi connectivity index (χ2v) is 10.2. The van der Waals surface area contributed by atoms with Crippen molar-refractivity contribution in [1.29, 1.82) is 0 Å². The van der Waals surface area contributed by atoms with Gasteiger partial charge in [-0.15, -0.1) is 11.3 Å². The first-order chi connectivity index (χ1) is 15.3. The molecule has 0 aliphatic carbocycles. The number of thiazole rings is 1. The van der Waals surface area contributed by atoms with Gasteiger partial charge in [0, 0.05) is 14.9 Å². The van der Waals surface area contributed by atoms with E-state index in [0.717, 1.165) is 25.5 Å². The quantitative estimate of drug-likeness (QED) is 0.441. The molecule has 1 aromatic heterocycles. The summed E-state index contributed by atoms with van der Waals surface area (Å²) in [5, 5.41) is 3.29. The van der Waals surface area contributed by atoms with Gasteiger partial charge in [-0.1, -0.05) is 54.0 Å². The topological polar surface area (TPSA) is 79.4 Å². The zero-order valence-corrected chi connectivity index (χ0v) is 20.3. The standard InChI is InChI=1S/C24H22BrN3O3S/c1-13(2)12-19(28-22(30)17-6-4-5-7-18(17)23(28)31)21(29)27-24-26-20(14(3)32-24)15-8-10-16(25)11-9-15/h4-11,13,19H,12H2,1-3H3,(H,26,27,29). The molecule has 3 amide bonds. The molecule has 8 heteroatoms. The minimum Gasteiger partial charge on any atom is -0.300 e. The molecule has 164 valence electrons. The van der Waals surface area contributed by atoms with Gasteiger partial charge in [0.25, 0.3) is 11.8 Å². The lowest BCUT2D eigenvalue weighted by atomic mass is 10.0. The Balaban J connectivity index is 1.60. The third kappa shape index (κ3) is 4.25. The van der Waals surface area contributed by atoms with Crippen LogP contribution in [-0.4, -0.2) is 33.6 Å². The number of nitrogens with zero attached hydrogens (tertiary/aromatic N) is 2. The van der Waals surface area contributed by atoms with Crippen molar-refractivity contribution in [3.05, 3.63) is 69.0 Å². The molecule has 1 aliphatic heterocycles. The smallest absolute Gasteiger partial charge is 0.262 e. The van der Waals surface area contributed by atoms with Crippen molar-refractivity contribution < 1.29 is 14.4 Å². The first-order valence-corrected chi connectivity index (χ1v) is 11.9. The highest BCUT2D eigenvalue weighted by molar-refractivity contribution is 9.10. The SMILES string of the molecule is Cc1sc(NC(=O)C(CC(C)C)N2C(=O)c3ccccc3C2=O)nc1-c1ccc(Br)cc1. The Kier molecular flexibility index (Phi) is 6.26. The van der Waals surface area contributed by atoms with Crippen molar-refractivity contribution in [2.75, 3.05) is 5.32 Å². The van der Waals surface area contributed by atoms with Crippen LogP contribution in [0.15, 0.2) is 53.0 Å². The van der Waals surface area contributed by atoms with E-state index in [-0.39, 0.29) is 5.92 Å². The molecule has 1 unspecified atom stereocenters. The van der Waals surface area contributed by atoms with E-state index in [1.165, 1.54) is 11.3 Å². The van der Waals surface area contributed by atoms with E-state index in [1.807, 2.05) is 45.0 Å². The molecule has 0 saturated carbocycles. The van der Waals surface area contributed by atoms with E-state index >= 15 is 0 Å². The molecule has 0 radical (unpaired) electrons. The number of fused-ring (bicyclic) bond motifs is 1. The van der Waals surface area contributed by atoms with Crippen molar-refractivity contribution >= 4 is 50.1 Å². The summed E-state index contributed by atoms with van der Waals surface area (Å²) in [5.74, 6) is -1.18. The van der Waals surface area contributed by atoms with Crippen LogP contribution in [0.3, 0.4) is 0 Å². The summed E-state index contributed by atoms with van der Waals surface area (Å²) in [7, 11) is 0. The molecule has 1 aliphatic rings. The van der Waals surface area contributed by atoms with E-state index in [4.69, 9.17) is 0 Å². The molecule has 3 aromatic rings. The Morgan fingerprint density at radius 3 is 2.22 bits per heavy atom. The highest BCUT2D eigenvalue weighted by Gasteiger charge is 2.43. The third-order valence-corrected chi connectivity index (χ3v) is 6.69. The van der Waals surface area contributed by atoms with Gasteiger partial charge in [-0.25, -0.2) is 4.98 Å². The summed E-state index contributed by atoms with van der Waals surface area (Å²) in [5.41, 5.74) is 2.41. The molecule has 32 heavy (non-hydrogen) atoms. The van der Waals surface area contributed by atoms with Crippen LogP contribution >= 0.6 is 27.3 Å². The number of nitrogens with one attached hydrogen (secondary N) is 1. The number of imide groups is 1. The molecule has 0 saturated heterocycles. The van der Waals surface area contributed by atoms with Crippen LogP contribution in [0.1, 0.15) is 45.9 Å². The molecule has 1 atom stereocenters. The summed E-state index contributed by atoms with van der Waals surface area (Å²) in [6.07, 6.45) is 0.362.